The van der Waals surface area contributed by atoms with Crippen LogP contribution in [0.2, 0.25) is 0 Å². The minimum Gasteiger partial charge on any atom is -0.481 e. The van der Waals surface area contributed by atoms with Gasteiger partial charge in [-0.1, -0.05) is 12.8 Å². The Kier molecular flexibility index (Phi) is 3.15. The molecular formula is C14H22N2O3. The molecule has 5 nitrogen and oxygen atoms in total. The zero-order valence-electron chi connectivity index (χ0n) is 11.2. The molecule has 0 aromatic heterocycles. The molecule has 1 saturated heterocycles. The van der Waals surface area contributed by atoms with Crippen molar-refractivity contribution < 1.29 is 14.7 Å². The molecule has 3 fully saturated rings. The Labute approximate surface area is 113 Å². The summed E-state index contributed by atoms with van der Waals surface area (Å²) in [7, 11) is 0. The number of hydrogen-bond acceptors (Lipinski definition) is 2. The first-order valence-electron chi connectivity index (χ1n) is 7.39. The van der Waals surface area contributed by atoms with Gasteiger partial charge >= 0.3 is 12.0 Å². The third-order valence-corrected chi connectivity index (χ3v) is 5.26. The largest absolute Gasteiger partial charge is 0.481 e. The fraction of sp³-hybridized carbons (Fsp3) is 0.857. The van der Waals surface area contributed by atoms with Gasteiger partial charge in [0, 0.05) is 19.1 Å². The zero-order valence-corrected chi connectivity index (χ0v) is 11.2. The van der Waals surface area contributed by atoms with Gasteiger partial charge in [-0.15, -0.1) is 0 Å². The number of nitrogens with zero attached hydrogens (tertiary/aromatic N) is 1. The van der Waals surface area contributed by atoms with Crippen LogP contribution in [0.5, 0.6) is 0 Å². The van der Waals surface area contributed by atoms with Crippen molar-refractivity contribution in [2.75, 3.05) is 13.1 Å². The molecule has 2 aliphatic carbocycles. The van der Waals surface area contributed by atoms with Gasteiger partial charge in [0.2, 0.25) is 0 Å². The maximum Gasteiger partial charge on any atom is 0.317 e. The van der Waals surface area contributed by atoms with Crippen molar-refractivity contribution in [2.45, 2.75) is 51.0 Å². The molecule has 0 radical (unpaired) electrons. The number of piperidine rings is 1. The monoisotopic (exact) mass is 266 g/mol. The lowest BCUT2D eigenvalue weighted by Crippen LogP contribution is -2.49. The Balaban J connectivity index is 1.57. The summed E-state index contributed by atoms with van der Waals surface area (Å²) in [4.78, 5) is 25.5. The molecule has 0 spiro atoms. The van der Waals surface area contributed by atoms with Gasteiger partial charge in [-0.05, 0) is 38.0 Å². The third kappa shape index (κ3) is 2.19. The van der Waals surface area contributed by atoms with E-state index in [2.05, 4.69) is 5.32 Å². The van der Waals surface area contributed by atoms with E-state index < -0.39 is 11.4 Å². The molecular weight excluding hydrogens is 244 g/mol. The molecule has 2 bridgehead atoms. The number of carboxylic acids is 1. The molecule has 0 aromatic rings. The number of nitrogens with one attached hydrogen (secondary N) is 1. The molecule has 106 valence electrons. The zero-order chi connectivity index (χ0) is 13.5. The first-order valence-corrected chi connectivity index (χ1v) is 7.39. The second kappa shape index (κ2) is 4.69. The van der Waals surface area contributed by atoms with Crippen LogP contribution in [-0.4, -0.2) is 41.1 Å². The lowest BCUT2D eigenvalue weighted by atomic mass is 9.86. The Hall–Kier alpha value is -1.26. The van der Waals surface area contributed by atoms with E-state index >= 15 is 0 Å². The first-order chi connectivity index (χ1) is 9.11. The predicted molar refractivity (Wildman–Crippen MR) is 69.8 cm³/mol. The van der Waals surface area contributed by atoms with Gasteiger partial charge in [-0.2, -0.15) is 0 Å². The number of aliphatic carboxylic acids is 1. The van der Waals surface area contributed by atoms with Crippen LogP contribution >= 0.6 is 0 Å². The highest BCUT2D eigenvalue weighted by Gasteiger charge is 2.44. The molecule has 2 N–H and O–H groups in total. The molecule has 2 unspecified atom stereocenters. The lowest BCUT2D eigenvalue weighted by molar-refractivity contribution is -0.148. The van der Waals surface area contributed by atoms with Crippen LogP contribution in [0.15, 0.2) is 0 Å². The number of carboxylic acid groups (broad SMARTS) is 1. The number of hydrogen-bond donors (Lipinski definition) is 2. The fourth-order valence-electron chi connectivity index (χ4n) is 4.04. The second-order valence-electron chi connectivity index (χ2n) is 6.44. The first kappa shape index (κ1) is 12.8. The van der Waals surface area contributed by atoms with Gasteiger partial charge in [0.15, 0.2) is 0 Å². The van der Waals surface area contributed by atoms with Crippen molar-refractivity contribution in [2.24, 2.45) is 11.3 Å². The Morgan fingerprint density at radius 3 is 2.53 bits per heavy atom. The topological polar surface area (TPSA) is 69.6 Å². The minimum absolute atomic E-state index is 0.0558. The standard InChI is InChI=1S/C14H22N2O3/c17-12(18)14(5-1-2-6-14)9-15-13(19)16-8-10-3-4-11(16)7-10/h10-11H,1-9H2,(H,15,19)(H,17,18). The molecule has 1 aliphatic heterocycles. The highest BCUT2D eigenvalue weighted by atomic mass is 16.4. The molecule has 2 amide bonds. The molecule has 5 heteroatoms. The number of amides is 2. The average molecular weight is 266 g/mol. The highest BCUT2D eigenvalue weighted by Crippen LogP contribution is 2.39. The van der Waals surface area contributed by atoms with E-state index in [4.69, 9.17) is 0 Å². The van der Waals surface area contributed by atoms with Gasteiger partial charge in [0.25, 0.3) is 0 Å². The summed E-state index contributed by atoms with van der Waals surface area (Å²) in [5, 5.41) is 12.3. The summed E-state index contributed by atoms with van der Waals surface area (Å²) in [6, 6.07) is 0.342. The van der Waals surface area contributed by atoms with Crippen LogP contribution < -0.4 is 5.32 Å². The minimum atomic E-state index is -0.756. The van der Waals surface area contributed by atoms with Crippen molar-refractivity contribution in [3.8, 4) is 0 Å². The summed E-state index contributed by atoms with van der Waals surface area (Å²) < 4.78 is 0. The van der Waals surface area contributed by atoms with Gasteiger partial charge in [0.1, 0.15) is 0 Å². The van der Waals surface area contributed by atoms with Crippen LogP contribution in [0, 0.1) is 11.3 Å². The number of carbonyl (C=O) groups is 2. The van der Waals surface area contributed by atoms with E-state index in [1.165, 1.54) is 6.42 Å². The van der Waals surface area contributed by atoms with Gasteiger partial charge in [-0.25, -0.2) is 4.79 Å². The molecule has 0 aromatic carbocycles. The normalized spacial score (nSPS) is 31.7. The van der Waals surface area contributed by atoms with Crippen LogP contribution in [0.3, 0.4) is 0 Å². The smallest absolute Gasteiger partial charge is 0.317 e. The number of carbonyl (C=O) groups excluding carboxylic acids is 1. The lowest BCUT2D eigenvalue weighted by Gasteiger charge is -2.30. The van der Waals surface area contributed by atoms with Gasteiger partial charge < -0.3 is 15.3 Å². The maximum atomic E-state index is 12.2. The molecule has 2 atom stereocenters. The molecule has 19 heavy (non-hydrogen) atoms. The van der Waals surface area contributed by atoms with E-state index in [0.29, 0.717) is 24.8 Å². The van der Waals surface area contributed by atoms with E-state index in [-0.39, 0.29) is 12.6 Å². The van der Waals surface area contributed by atoms with Crippen LogP contribution in [0.4, 0.5) is 4.79 Å². The number of likely N-dealkylation sites (tertiary alicyclic amines) is 1. The molecule has 2 saturated carbocycles. The average Bonchev–Trinajstić information content (AvgIpc) is 3.11. The summed E-state index contributed by atoms with van der Waals surface area (Å²) in [5.74, 6) is -0.0797. The van der Waals surface area contributed by atoms with Crippen LogP contribution in [0.1, 0.15) is 44.9 Å². The van der Waals surface area contributed by atoms with Crippen molar-refractivity contribution in [1.29, 1.82) is 0 Å². The molecule has 1 heterocycles. The summed E-state index contributed by atoms with van der Waals surface area (Å²) in [6.45, 7) is 1.14. The van der Waals surface area contributed by atoms with Crippen molar-refractivity contribution in [1.82, 2.24) is 10.2 Å². The number of urea groups is 1. The van der Waals surface area contributed by atoms with Gasteiger partial charge in [-0.3, -0.25) is 4.79 Å². The highest BCUT2D eigenvalue weighted by molar-refractivity contribution is 5.78. The summed E-state index contributed by atoms with van der Waals surface area (Å²) in [5.41, 5.74) is -0.714. The van der Waals surface area contributed by atoms with Crippen LogP contribution in [-0.2, 0) is 4.79 Å². The number of fused-ring (bicyclic) bond motifs is 2. The Morgan fingerprint density at radius 1 is 1.26 bits per heavy atom. The Morgan fingerprint density at radius 2 is 2.00 bits per heavy atom. The number of rotatable bonds is 3. The molecule has 3 rings (SSSR count). The Bertz CT molecular complexity index is 390. The van der Waals surface area contributed by atoms with E-state index in [9.17, 15) is 14.7 Å². The van der Waals surface area contributed by atoms with Crippen molar-refractivity contribution >= 4 is 12.0 Å². The fourth-order valence-corrected chi connectivity index (χ4v) is 4.04. The second-order valence-corrected chi connectivity index (χ2v) is 6.44. The van der Waals surface area contributed by atoms with Crippen LogP contribution in [0.25, 0.3) is 0 Å². The summed E-state index contributed by atoms with van der Waals surface area (Å²) in [6.07, 6.45) is 6.78. The summed E-state index contributed by atoms with van der Waals surface area (Å²) >= 11 is 0. The predicted octanol–water partition coefficient (Wildman–Crippen LogP) is 1.83. The van der Waals surface area contributed by atoms with E-state index in [1.807, 2.05) is 4.90 Å². The molecule has 3 aliphatic rings. The van der Waals surface area contributed by atoms with Gasteiger partial charge in [0.05, 0.1) is 5.41 Å². The quantitative estimate of drug-likeness (QED) is 0.818. The maximum absolute atomic E-state index is 12.2. The van der Waals surface area contributed by atoms with E-state index in [0.717, 1.165) is 32.2 Å². The third-order valence-electron chi connectivity index (χ3n) is 5.26. The van der Waals surface area contributed by atoms with E-state index in [1.54, 1.807) is 0 Å². The van der Waals surface area contributed by atoms with Crippen molar-refractivity contribution in [3.63, 3.8) is 0 Å². The van der Waals surface area contributed by atoms with Crippen molar-refractivity contribution in [3.05, 3.63) is 0 Å². The SMILES string of the molecule is O=C(NCC1(C(=O)O)CCCC1)N1CC2CCC1C2.